The molecular weight excluding hydrogens is 350 g/mol. The van der Waals surface area contributed by atoms with Crippen molar-refractivity contribution in [3.8, 4) is 0 Å². The van der Waals surface area contributed by atoms with E-state index >= 15 is 0 Å². The summed E-state index contributed by atoms with van der Waals surface area (Å²) in [4.78, 5) is 2.76. The summed E-state index contributed by atoms with van der Waals surface area (Å²) in [5.41, 5.74) is 3.36. The molecule has 1 nitrogen and oxygen atoms in total. The van der Waals surface area contributed by atoms with Gasteiger partial charge in [-0.05, 0) is 73.7 Å². The largest absolute Gasteiger partial charge is 0.302 e. The van der Waals surface area contributed by atoms with E-state index in [2.05, 4.69) is 66.4 Å². The maximum atomic E-state index is 6.12. The van der Waals surface area contributed by atoms with Crippen LogP contribution in [0.4, 0.5) is 0 Å². The van der Waals surface area contributed by atoms with Crippen LogP contribution in [0.15, 0.2) is 54.6 Å². The number of hydrogen-bond acceptors (Lipinski definition) is 1. The van der Waals surface area contributed by atoms with Crippen molar-refractivity contribution in [1.29, 1.82) is 0 Å². The quantitative estimate of drug-likeness (QED) is 0.540. The molecule has 2 aromatic carbocycles. The molecule has 1 saturated heterocycles. The molecule has 1 aliphatic heterocycles. The van der Waals surface area contributed by atoms with Crippen LogP contribution in [0.25, 0.3) is 0 Å². The first kappa shape index (κ1) is 19.0. The normalized spacial score (nSPS) is 23.6. The molecule has 2 aliphatic rings. The highest BCUT2D eigenvalue weighted by molar-refractivity contribution is 6.30. The highest BCUT2D eigenvalue weighted by Crippen LogP contribution is 2.45. The molecule has 1 unspecified atom stereocenters. The van der Waals surface area contributed by atoms with Crippen LogP contribution in [0.1, 0.15) is 62.5 Å². The molecule has 0 spiro atoms. The lowest BCUT2D eigenvalue weighted by Gasteiger charge is -2.47. The number of likely N-dealkylation sites (tertiary alicyclic amines) is 1. The van der Waals surface area contributed by atoms with Crippen molar-refractivity contribution >= 4 is 11.6 Å². The molecule has 0 amide bonds. The van der Waals surface area contributed by atoms with E-state index in [1.165, 1.54) is 69.3 Å². The summed E-state index contributed by atoms with van der Waals surface area (Å²) >= 11 is 6.12. The summed E-state index contributed by atoms with van der Waals surface area (Å²) in [5, 5.41) is 0.848. The number of halogens is 1. The van der Waals surface area contributed by atoms with Gasteiger partial charge in [0.25, 0.3) is 0 Å². The van der Waals surface area contributed by atoms with Gasteiger partial charge in [-0.1, -0.05) is 67.4 Å². The Labute approximate surface area is 169 Å². The van der Waals surface area contributed by atoms with E-state index in [4.69, 9.17) is 11.6 Å². The second kappa shape index (κ2) is 8.37. The number of hydrogen-bond donors (Lipinski definition) is 0. The number of rotatable bonds is 6. The topological polar surface area (TPSA) is 3.24 Å². The minimum Gasteiger partial charge on any atom is -0.302 e. The van der Waals surface area contributed by atoms with Gasteiger partial charge in [0.15, 0.2) is 0 Å². The van der Waals surface area contributed by atoms with Gasteiger partial charge < -0.3 is 4.90 Å². The molecule has 1 saturated carbocycles. The first-order chi connectivity index (χ1) is 13.1. The molecule has 27 heavy (non-hydrogen) atoms. The van der Waals surface area contributed by atoms with E-state index in [1.54, 1.807) is 0 Å². The SMILES string of the molecule is CC(C[C@@H]1CCCN(CC2(c3ccc(Cl)cc3)CCC2)C1)c1ccccc1. The van der Waals surface area contributed by atoms with Crippen molar-refractivity contribution in [2.24, 2.45) is 5.92 Å². The average molecular weight is 382 g/mol. The first-order valence-corrected chi connectivity index (χ1v) is 11.1. The summed E-state index contributed by atoms with van der Waals surface area (Å²) < 4.78 is 0. The highest BCUT2D eigenvalue weighted by Gasteiger charge is 2.40. The molecule has 2 heteroatoms. The van der Waals surface area contributed by atoms with Crippen molar-refractivity contribution in [3.05, 3.63) is 70.7 Å². The maximum Gasteiger partial charge on any atom is 0.0406 e. The summed E-state index contributed by atoms with van der Waals surface area (Å²) in [6.45, 7) is 6.17. The lowest BCUT2D eigenvalue weighted by atomic mass is 9.64. The maximum absolute atomic E-state index is 6.12. The van der Waals surface area contributed by atoms with Gasteiger partial charge in [0.05, 0.1) is 0 Å². The third-order valence-electron chi connectivity index (χ3n) is 6.95. The van der Waals surface area contributed by atoms with Gasteiger partial charge in [-0.15, -0.1) is 0 Å². The van der Waals surface area contributed by atoms with Crippen LogP contribution in [-0.2, 0) is 5.41 Å². The molecule has 0 N–H and O–H groups in total. The molecule has 1 heterocycles. The van der Waals surface area contributed by atoms with Crippen molar-refractivity contribution in [2.45, 2.75) is 56.8 Å². The van der Waals surface area contributed by atoms with E-state index in [0.717, 1.165) is 10.9 Å². The molecule has 144 valence electrons. The summed E-state index contributed by atoms with van der Waals surface area (Å²) in [6.07, 6.45) is 8.08. The zero-order chi connectivity index (χ0) is 18.7. The average Bonchev–Trinajstić information content (AvgIpc) is 2.66. The fourth-order valence-corrected chi connectivity index (χ4v) is 5.40. The fraction of sp³-hybridized carbons (Fsp3) is 0.520. The lowest BCUT2D eigenvalue weighted by Crippen LogP contribution is -2.48. The molecule has 2 fully saturated rings. The minimum atomic E-state index is 0.373. The van der Waals surface area contributed by atoms with Crippen LogP contribution in [0.3, 0.4) is 0 Å². The smallest absolute Gasteiger partial charge is 0.0406 e. The molecule has 2 aromatic rings. The van der Waals surface area contributed by atoms with E-state index < -0.39 is 0 Å². The third-order valence-corrected chi connectivity index (χ3v) is 7.20. The van der Waals surface area contributed by atoms with E-state index in [-0.39, 0.29) is 0 Å². The van der Waals surface area contributed by atoms with Crippen LogP contribution in [-0.4, -0.2) is 24.5 Å². The van der Waals surface area contributed by atoms with E-state index in [1.807, 2.05) is 0 Å². The summed E-state index contributed by atoms with van der Waals surface area (Å²) in [6, 6.07) is 19.7. The van der Waals surface area contributed by atoms with Gasteiger partial charge in [-0.3, -0.25) is 0 Å². The monoisotopic (exact) mass is 381 g/mol. The van der Waals surface area contributed by atoms with Crippen molar-refractivity contribution in [2.75, 3.05) is 19.6 Å². The van der Waals surface area contributed by atoms with Gasteiger partial charge >= 0.3 is 0 Å². The standard InChI is InChI=1S/C25H32ClN/c1-20(22-8-3-2-4-9-22)17-21-7-5-16-27(18-21)19-25(14-6-15-25)23-10-12-24(26)13-11-23/h2-4,8-13,20-21H,5-7,14-19H2,1H3/t20?,21-/m0/s1. The molecule has 2 atom stereocenters. The Morgan fingerprint density at radius 1 is 1.04 bits per heavy atom. The Hall–Kier alpha value is -1.31. The van der Waals surface area contributed by atoms with Crippen LogP contribution in [0.2, 0.25) is 5.02 Å². The van der Waals surface area contributed by atoms with Crippen LogP contribution >= 0.6 is 11.6 Å². The van der Waals surface area contributed by atoms with Crippen LogP contribution in [0.5, 0.6) is 0 Å². The van der Waals surface area contributed by atoms with Crippen molar-refractivity contribution in [1.82, 2.24) is 4.90 Å². The van der Waals surface area contributed by atoms with E-state index in [9.17, 15) is 0 Å². The fourth-order valence-electron chi connectivity index (χ4n) is 5.28. The number of benzene rings is 2. The Balaban J connectivity index is 1.38. The minimum absolute atomic E-state index is 0.373. The van der Waals surface area contributed by atoms with Gasteiger partial charge in [-0.2, -0.15) is 0 Å². The summed E-state index contributed by atoms with van der Waals surface area (Å²) in [5.74, 6) is 1.49. The second-order valence-corrected chi connectivity index (χ2v) is 9.37. The van der Waals surface area contributed by atoms with Gasteiger partial charge in [-0.25, -0.2) is 0 Å². The van der Waals surface area contributed by atoms with E-state index in [0.29, 0.717) is 11.3 Å². The number of nitrogens with zero attached hydrogens (tertiary/aromatic N) is 1. The lowest BCUT2D eigenvalue weighted by molar-refractivity contribution is 0.0951. The Bertz CT molecular complexity index is 720. The Kier molecular flexibility index (Phi) is 5.90. The Morgan fingerprint density at radius 2 is 1.78 bits per heavy atom. The number of piperidine rings is 1. The summed E-state index contributed by atoms with van der Waals surface area (Å²) in [7, 11) is 0. The zero-order valence-electron chi connectivity index (χ0n) is 16.5. The molecule has 4 rings (SSSR count). The van der Waals surface area contributed by atoms with Gasteiger partial charge in [0.1, 0.15) is 0 Å². The zero-order valence-corrected chi connectivity index (χ0v) is 17.3. The van der Waals surface area contributed by atoms with Crippen LogP contribution < -0.4 is 0 Å². The highest BCUT2D eigenvalue weighted by atomic mass is 35.5. The first-order valence-electron chi connectivity index (χ1n) is 10.7. The van der Waals surface area contributed by atoms with Crippen molar-refractivity contribution < 1.29 is 0 Å². The van der Waals surface area contributed by atoms with Crippen molar-refractivity contribution in [3.63, 3.8) is 0 Å². The van der Waals surface area contributed by atoms with Crippen LogP contribution in [0, 0.1) is 5.92 Å². The molecular formula is C25H32ClN. The predicted octanol–water partition coefficient (Wildman–Crippen LogP) is 6.67. The third kappa shape index (κ3) is 4.41. The Morgan fingerprint density at radius 3 is 2.44 bits per heavy atom. The molecule has 0 bridgehead atoms. The molecule has 0 radical (unpaired) electrons. The molecule has 1 aliphatic carbocycles. The molecule has 0 aromatic heterocycles. The van der Waals surface area contributed by atoms with Gasteiger partial charge in [0, 0.05) is 23.5 Å². The second-order valence-electron chi connectivity index (χ2n) is 8.93. The predicted molar refractivity (Wildman–Crippen MR) is 116 cm³/mol. The van der Waals surface area contributed by atoms with Gasteiger partial charge in [0.2, 0.25) is 0 Å².